The van der Waals surface area contributed by atoms with Crippen molar-refractivity contribution in [2.45, 2.75) is 52.1 Å². The molecule has 1 fully saturated rings. The second-order valence-corrected chi connectivity index (χ2v) is 7.27. The molecule has 1 aliphatic carbocycles. The van der Waals surface area contributed by atoms with Crippen LogP contribution in [0.4, 0.5) is 0 Å². The van der Waals surface area contributed by atoms with Crippen LogP contribution in [-0.4, -0.2) is 17.2 Å². The van der Waals surface area contributed by atoms with Crippen molar-refractivity contribution < 1.29 is 0 Å². The van der Waals surface area contributed by atoms with Gasteiger partial charge in [0.25, 0.3) is 0 Å². The van der Waals surface area contributed by atoms with Gasteiger partial charge in [-0.05, 0) is 60.5 Å². The average Bonchev–Trinajstić information content (AvgIpc) is 2.75. The molecule has 0 atom stereocenters. The van der Waals surface area contributed by atoms with E-state index in [9.17, 15) is 0 Å². The molecule has 0 spiro atoms. The predicted octanol–water partition coefficient (Wildman–Crippen LogP) is 4.88. The zero-order valence-corrected chi connectivity index (χ0v) is 14.6. The van der Waals surface area contributed by atoms with E-state index in [1.807, 2.05) is 0 Å². The van der Waals surface area contributed by atoms with Crippen LogP contribution in [0.5, 0.6) is 0 Å². The number of para-hydroxylation sites is 1. The number of benzene rings is 1. The van der Waals surface area contributed by atoms with Gasteiger partial charge in [-0.2, -0.15) is 0 Å². The highest BCUT2D eigenvalue weighted by atomic mass is 79.9. The summed E-state index contributed by atoms with van der Waals surface area (Å²) in [6.45, 7) is 6.68. The molecule has 1 N–H and O–H groups in total. The predicted molar refractivity (Wildman–Crippen MR) is 93.8 cm³/mol. The third-order valence-corrected chi connectivity index (χ3v) is 5.94. The second-order valence-electron chi connectivity index (χ2n) is 6.48. The minimum atomic E-state index is 0.728. The van der Waals surface area contributed by atoms with E-state index in [0.29, 0.717) is 0 Å². The summed E-state index contributed by atoms with van der Waals surface area (Å²) in [5.41, 5.74) is 2.66. The molecule has 3 heteroatoms. The first-order chi connectivity index (χ1) is 10.2. The molecule has 1 aromatic carbocycles. The number of nitrogens with zero attached hydrogens (tertiary/aromatic N) is 1. The Kier molecular flexibility index (Phi) is 4.70. The maximum Gasteiger partial charge on any atom is 0.0494 e. The molecule has 114 valence electrons. The van der Waals surface area contributed by atoms with Crippen molar-refractivity contribution in [1.82, 2.24) is 9.88 Å². The lowest BCUT2D eigenvalue weighted by atomic mass is 9.87. The van der Waals surface area contributed by atoms with Gasteiger partial charge in [-0.1, -0.05) is 25.1 Å². The number of halogens is 1. The fraction of sp³-hybridized carbons (Fsp3) is 0.556. The topological polar surface area (TPSA) is 17.0 Å². The lowest BCUT2D eigenvalue weighted by Gasteiger charge is -2.27. The van der Waals surface area contributed by atoms with E-state index in [0.717, 1.165) is 25.0 Å². The van der Waals surface area contributed by atoms with Gasteiger partial charge in [0.2, 0.25) is 0 Å². The Bertz CT molecular complexity index is 609. The first-order valence-corrected chi connectivity index (χ1v) is 8.93. The fourth-order valence-corrected chi connectivity index (χ4v) is 4.07. The van der Waals surface area contributed by atoms with Gasteiger partial charge in [0.05, 0.1) is 0 Å². The number of hydrogen-bond acceptors (Lipinski definition) is 1. The van der Waals surface area contributed by atoms with Gasteiger partial charge in [0, 0.05) is 40.2 Å². The average molecular weight is 349 g/mol. The molecule has 1 saturated carbocycles. The molecule has 2 nitrogen and oxygen atoms in total. The highest BCUT2D eigenvalue weighted by molar-refractivity contribution is 9.10. The third-order valence-electron chi connectivity index (χ3n) is 4.94. The molecule has 0 radical (unpaired) electrons. The first kappa shape index (κ1) is 15.1. The molecule has 0 aliphatic heterocycles. The quantitative estimate of drug-likeness (QED) is 0.832. The van der Waals surface area contributed by atoms with Crippen LogP contribution in [0.1, 0.15) is 38.3 Å². The highest BCUT2D eigenvalue weighted by Gasteiger charge is 2.17. The summed E-state index contributed by atoms with van der Waals surface area (Å²) in [5.74, 6) is 0.926. The third kappa shape index (κ3) is 3.19. The Morgan fingerprint density at radius 2 is 1.90 bits per heavy atom. The highest BCUT2D eigenvalue weighted by Crippen LogP contribution is 2.30. The number of hydrogen-bond donors (Lipinski definition) is 1. The van der Waals surface area contributed by atoms with Crippen LogP contribution in [0.15, 0.2) is 28.7 Å². The smallest absolute Gasteiger partial charge is 0.0494 e. The number of nitrogens with one attached hydrogen (secondary N) is 1. The zero-order valence-electron chi connectivity index (χ0n) is 13.0. The number of rotatable bonds is 4. The lowest BCUT2D eigenvalue weighted by molar-refractivity contribution is 0.305. The van der Waals surface area contributed by atoms with Gasteiger partial charge in [-0.15, -0.1) is 0 Å². The maximum atomic E-state index is 3.76. The van der Waals surface area contributed by atoms with E-state index < -0.39 is 0 Å². The minimum Gasteiger partial charge on any atom is -0.342 e. The summed E-state index contributed by atoms with van der Waals surface area (Å²) in [6, 6.07) is 9.37. The lowest BCUT2D eigenvalue weighted by Crippen LogP contribution is -2.34. The second kappa shape index (κ2) is 6.53. The molecule has 1 aromatic heterocycles. The molecule has 0 saturated heterocycles. The number of fused-ring (bicyclic) bond motifs is 1. The normalized spacial score (nSPS) is 22.8. The van der Waals surface area contributed by atoms with Gasteiger partial charge >= 0.3 is 0 Å². The SMILES string of the molecule is Cc1c(Br)c2ccccc2n1CCNC1CCC(C)CC1. The summed E-state index contributed by atoms with van der Waals surface area (Å²) in [6.07, 6.45) is 5.45. The van der Waals surface area contributed by atoms with Crippen LogP contribution in [0.3, 0.4) is 0 Å². The Morgan fingerprint density at radius 3 is 2.67 bits per heavy atom. The molecule has 0 bridgehead atoms. The molecule has 21 heavy (non-hydrogen) atoms. The Hall–Kier alpha value is -0.800. The molecule has 1 heterocycles. The maximum absolute atomic E-state index is 3.76. The summed E-state index contributed by atoms with van der Waals surface area (Å²) >= 11 is 3.74. The monoisotopic (exact) mass is 348 g/mol. The van der Waals surface area contributed by atoms with E-state index in [1.165, 1.54) is 46.8 Å². The van der Waals surface area contributed by atoms with Gasteiger partial charge in [-0.25, -0.2) is 0 Å². The van der Waals surface area contributed by atoms with E-state index >= 15 is 0 Å². The van der Waals surface area contributed by atoms with E-state index in [4.69, 9.17) is 0 Å². The Balaban J connectivity index is 1.64. The van der Waals surface area contributed by atoms with Crippen molar-refractivity contribution in [2.75, 3.05) is 6.54 Å². The standard InChI is InChI=1S/C18H25BrN2/c1-13-7-9-15(10-8-13)20-11-12-21-14(2)18(19)16-5-3-4-6-17(16)21/h3-6,13,15,20H,7-12H2,1-2H3. The van der Waals surface area contributed by atoms with Crippen molar-refractivity contribution in [3.05, 3.63) is 34.4 Å². The Labute approximate surface area is 136 Å². The van der Waals surface area contributed by atoms with Gasteiger partial charge in [-0.3, -0.25) is 0 Å². The largest absolute Gasteiger partial charge is 0.342 e. The van der Waals surface area contributed by atoms with Crippen LogP contribution in [0, 0.1) is 12.8 Å². The molecule has 0 unspecified atom stereocenters. The van der Waals surface area contributed by atoms with Crippen LogP contribution in [0.25, 0.3) is 10.9 Å². The van der Waals surface area contributed by atoms with Crippen molar-refractivity contribution >= 4 is 26.8 Å². The fourth-order valence-electron chi connectivity index (χ4n) is 3.52. The molecular weight excluding hydrogens is 324 g/mol. The zero-order chi connectivity index (χ0) is 14.8. The van der Waals surface area contributed by atoms with Crippen molar-refractivity contribution in [3.63, 3.8) is 0 Å². The molecule has 0 amide bonds. The molecule has 3 rings (SSSR count). The number of aromatic nitrogens is 1. The van der Waals surface area contributed by atoms with Gasteiger partial charge in [0.1, 0.15) is 0 Å². The Morgan fingerprint density at radius 1 is 1.19 bits per heavy atom. The van der Waals surface area contributed by atoms with Gasteiger partial charge < -0.3 is 9.88 Å². The van der Waals surface area contributed by atoms with Crippen molar-refractivity contribution in [1.29, 1.82) is 0 Å². The summed E-state index contributed by atoms with van der Waals surface area (Å²) in [4.78, 5) is 0. The van der Waals surface area contributed by atoms with E-state index in [1.54, 1.807) is 0 Å². The van der Waals surface area contributed by atoms with Gasteiger partial charge in [0.15, 0.2) is 0 Å². The summed E-state index contributed by atoms with van der Waals surface area (Å²) in [7, 11) is 0. The molecule has 1 aliphatic rings. The van der Waals surface area contributed by atoms with E-state index in [2.05, 4.69) is 63.9 Å². The summed E-state index contributed by atoms with van der Waals surface area (Å²) < 4.78 is 3.67. The summed E-state index contributed by atoms with van der Waals surface area (Å²) in [5, 5.41) is 5.08. The van der Waals surface area contributed by atoms with Crippen molar-refractivity contribution in [2.24, 2.45) is 5.92 Å². The molecular formula is C18H25BrN2. The van der Waals surface area contributed by atoms with Crippen LogP contribution >= 0.6 is 15.9 Å². The minimum absolute atomic E-state index is 0.728. The van der Waals surface area contributed by atoms with Crippen LogP contribution in [0.2, 0.25) is 0 Å². The van der Waals surface area contributed by atoms with Crippen molar-refractivity contribution in [3.8, 4) is 0 Å². The molecule has 2 aromatic rings. The van der Waals surface area contributed by atoms with Crippen LogP contribution < -0.4 is 5.32 Å². The first-order valence-electron chi connectivity index (χ1n) is 8.13. The van der Waals surface area contributed by atoms with E-state index in [-0.39, 0.29) is 0 Å². The van der Waals surface area contributed by atoms with Crippen LogP contribution in [-0.2, 0) is 6.54 Å².